The summed E-state index contributed by atoms with van der Waals surface area (Å²) >= 11 is 11.5. The number of amides is 1. The third-order valence-electron chi connectivity index (χ3n) is 4.55. The van der Waals surface area contributed by atoms with E-state index in [1.165, 1.54) is 6.92 Å². The molecule has 2 aromatic heterocycles. The summed E-state index contributed by atoms with van der Waals surface area (Å²) in [6, 6.07) is 5.98. The second kappa shape index (κ2) is 9.16. The molecule has 0 aliphatic heterocycles. The fourth-order valence-corrected chi connectivity index (χ4v) is 5.57. The number of unbranched alkanes of at least 4 members (excludes halogenated alkanes) is 1. The van der Waals surface area contributed by atoms with Gasteiger partial charge in [-0.25, -0.2) is 18.1 Å². The van der Waals surface area contributed by atoms with E-state index in [9.17, 15) is 13.2 Å². The highest BCUT2D eigenvalue weighted by Gasteiger charge is 2.25. The Bertz CT molecular complexity index is 1160. The number of aromatic nitrogens is 2. The summed E-state index contributed by atoms with van der Waals surface area (Å²) in [7, 11) is -3.72. The average Bonchev–Trinajstić information content (AvgIpc) is 3.22. The normalized spacial score (nSPS) is 11.9. The Balaban J connectivity index is 2.08. The number of halogens is 2. The molecule has 0 radical (unpaired) electrons. The predicted octanol–water partition coefficient (Wildman–Crippen LogP) is 4.98. The van der Waals surface area contributed by atoms with Gasteiger partial charge in [-0.05, 0) is 36.4 Å². The molecule has 0 fully saturated rings. The van der Waals surface area contributed by atoms with Crippen molar-refractivity contribution in [3.8, 4) is 0 Å². The topological polar surface area (TPSA) is 81.1 Å². The van der Waals surface area contributed by atoms with Crippen LogP contribution in [-0.2, 0) is 23.0 Å². The van der Waals surface area contributed by atoms with Gasteiger partial charge in [0.25, 0.3) is 5.91 Å². The van der Waals surface area contributed by atoms with Crippen LogP contribution in [0.3, 0.4) is 0 Å². The molecule has 0 saturated heterocycles. The Labute approximate surface area is 187 Å². The number of sulfonamides is 1. The van der Waals surface area contributed by atoms with Crippen molar-refractivity contribution in [3.63, 3.8) is 0 Å². The molecule has 29 heavy (non-hydrogen) atoms. The molecule has 0 aliphatic carbocycles. The zero-order valence-corrected chi connectivity index (χ0v) is 20.0. The first-order valence-corrected chi connectivity index (χ1v) is 12.9. The van der Waals surface area contributed by atoms with Gasteiger partial charge in [0, 0.05) is 21.0 Å². The summed E-state index contributed by atoms with van der Waals surface area (Å²) in [5, 5.41) is 3.12. The van der Waals surface area contributed by atoms with Crippen molar-refractivity contribution in [1.82, 2.24) is 14.3 Å². The fourth-order valence-electron chi connectivity index (χ4n) is 3.04. The number of nitrogens with zero attached hydrogens (tertiary/aromatic N) is 2. The number of thiophene rings is 1. The van der Waals surface area contributed by atoms with E-state index >= 15 is 0 Å². The summed E-state index contributed by atoms with van der Waals surface area (Å²) in [6.07, 6.45) is 2.49. The number of nitrogens with one attached hydrogen (secondary N) is 1. The Kier molecular flexibility index (Phi) is 7.03. The minimum absolute atomic E-state index is 0.0125. The molecule has 0 bridgehead atoms. The van der Waals surface area contributed by atoms with Gasteiger partial charge in [0.15, 0.2) is 5.15 Å². The van der Waals surface area contributed by atoms with E-state index in [2.05, 4.69) is 32.6 Å². The standard InChI is InChI=1S/C19H21BrClN3O3S2/c1-3-5-9-15-22-18(21)17(19(25)23-29(26,27)4-2)24(15)10-12-11-28-14-8-6-7-13(20)16(12)14/h6-8,11H,3-5,9-10H2,1-2H3,(H,23,25). The number of hydrogen-bond donors (Lipinski definition) is 1. The number of aryl methyl sites for hydroxylation is 1. The summed E-state index contributed by atoms with van der Waals surface area (Å²) in [5.41, 5.74) is 1.08. The lowest BCUT2D eigenvalue weighted by molar-refractivity contribution is 0.0972. The van der Waals surface area contributed by atoms with Crippen LogP contribution in [0.5, 0.6) is 0 Å². The summed E-state index contributed by atoms with van der Waals surface area (Å²) in [6.45, 7) is 3.91. The third kappa shape index (κ3) is 4.84. The minimum Gasteiger partial charge on any atom is -0.318 e. The van der Waals surface area contributed by atoms with Crippen LogP contribution in [0, 0.1) is 0 Å². The molecule has 3 aromatic rings. The SMILES string of the molecule is CCCCc1nc(Cl)c(C(=O)NS(=O)(=O)CC)n1Cc1csc2cccc(Br)c12. The molecule has 3 rings (SSSR count). The number of benzene rings is 1. The maximum atomic E-state index is 12.8. The average molecular weight is 519 g/mol. The second-order valence-electron chi connectivity index (χ2n) is 6.57. The maximum Gasteiger partial charge on any atom is 0.284 e. The van der Waals surface area contributed by atoms with Crippen molar-refractivity contribution >= 4 is 64.9 Å². The lowest BCUT2D eigenvalue weighted by Gasteiger charge is -2.12. The first-order valence-electron chi connectivity index (χ1n) is 9.21. The van der Waals surface area contributed by atoms with Crippen molar-refractivity contribution in [2.24, 2.45) is 0 Å². The van der Waals surface area contributed by atoms with Crippen molar-refractivity contribution in [2.45, 2.75) is 39.7 Å². The van der Waals surface area contributed by atoms with Gasteiger partial charge >= 0.3 is 0 Å². The van der Waals surface area contributed by atoms with Crippen LogP contribution in [-0.4, -0.2) is 29.6 Å². The number of carbonyl (C=O) groups excluding carboxylic acids is 1. The Morgan fingerprint density at radius 1 is 1.34 bits per heavy atom. The van der Waals surface area contributed by atoms with Crippen LogP contribution < -0.4 is 4.72 Å². The predicted molar refractivity (Wildman–Crippen MR) is 121 cm³/mol. The molecule has 10 heteroatoms. The Morgan fingerprint density at radius 2 is 2.10 bits per heavy atom. The maximum absolute atomic E-state index is 12.8. The molecule has 1 N–H and O–H groups in total. The van der Waals surface area contributed by atoms with Crippen LogP contribution in [0.1, 0.15) is 48.6 Å². The first-order chi connectivity index (χ1) is 13.8. The van der Waals surface area contributed by atoms with E-state index < -0.39 is 15.9 Å². The number of carbonyl (C=O) groups is 1. The van der Waals surface area contributed by atoms with Crippen LogP contribution in [0.15, 0.2) is 28.1 Å². The van der Waals surface area contributed by atoms with Crippen LogP contribution in [0.2, 0.25) is 5.15 Å². The molecule has 0 aliphatic rings. The van der Waals surface area contributed by atoms with Gasteiger partial charge in [0.05, 0.1) is 12.3 Å². The molecule has 0 saturated carbocycles. The van der Waals surface area contributed by atoms with E-state index in [0.717, 1.165) is 33.0 Å². The minimum atomic E-state index is -3.72. The number of rotatable bonds is 8. The fraction of sp³-hybridized carbons (Fsp3) is 0.368. The van der Waals surface area contributed by atoms with Gasteiger partial charge in [-0.2, -0.15) is 0 Å². The Morgan fingerprint density at radius 3 is 2.79 bits per heavy atom. The van der Waals surface area contributed by atoms with E-state index in [4.69, 9.17) is 11.6 Å². The lowest BCUT2D eigenvalue weighted by Crippen LogP contribution is -2.33. The van der Waals surface area contributed by atoms with Crippen molar-refractivity contribution in [2.75, 3.05) is 5.75 Å². The quantitative estimate of drug-likeness (QED) is 0.456. The summed E-state index contributed by atoms with van der Waals surface area (Å²) < 4.78 is 29.7. The van der Waals surface area contributed by atoms with E-state index in [1.54, 1.807) is 15.9 Å². The lowest BCUT2D eigenvalue weighted by atomic mass is 10.1. The van der Waals surface area contributed by atoms with Crippen LogP contribution >= 0.6 is 38.9 Å². The second-order valence-corrected chi connectivity index (χ2v) is 10.7. The number of imidazole rings is 1. The van der Waals surface area contributed by atoms with Crippen molar-refractivity contribution in [1.29, 1.82) is 0 Å². The molecular formula is C19H21BrClN3O3S2. The molecule has 156 valence electrons. The number of hydrogen-bond acceptors (Lipinski definition) is 5. The van der Waals surface area contributed by atoms with Crippen LogP contribution in [0.25, 0.3) is 10.1 Å². The van der Waals surface area contributed by atoms with Gasteiger partial charge < -0.3 is 4.57 Å². The van der Waals surface area contributed by atoms with Crippen molar-refractivity contribution in [3.05, 3.63) is 50.3 Å². The van der Waals surface area contributed by atoms with E-state index in [1.807, 2.05) is 23.6 Å². The molecule has 0 spiro atoms. The molecule has 0 unspecified atom stereocenters. The first kappa shape index (κ1) is 22.3. The van der Waals surface area contributed by atoms with Crippen molar-refractivity contribution < 1.29 is 13.2 Å². The van der Waals surface area contributed by atoms with E-state index in [0.29, 0.717) is 18.8 Å². The number of fused-ring (bicyclic) bond motifs is 1. The largest absolute Gasteiger partial charge is 0.318 e. The van der Waals surface area contributed by atoms with E-state index in [-0.39, 0.29) is 16.6 Å². The monoisotopic (exact) mass is 517 g/mol. The molecule has 1 aromatic carbocycles. The Hall–Kier alpha value is -1.42. The highest BCUT2D eigenvalue weighted by atomic mass is 79.9. The highest BCUT2D eigenvalue weighted by molar-refractivity contribution is 9.10. The molecule has 1 amide bonds. The van der Waals surface area contributed by atoms with Gasteiger partial charge in [-0.15, -0.1) is 11.3 Å². The zero-order valence-electron chi connectivity index (χ0n) is 16.0. The smallest absolute Gasteiger partial charge is 0.284 e. The highest BCUT2D eigenvalue weighted by Crippen LogP contribution is 2.33. The van der Waals surface area contributed by atoms with Gasteiger partial charge in [0.2, 0.25) is 10.0 Å². The molecule has 0 atom stereocenters. The molecule has 2 heterocycles. The summed E-state index contributed by atoms with van der Waals surface area (Å²) in [4.78, 5) is 17.1. The van der Waals surface area contributed by atoms with Gasteiger partial charge in [-0.3, -0.25) is 4.79 Å². The summed E-state index contributed by atoms with van der Waals surface area (Å²) in [5.74, 6) is -0.289. The van der Waals surface area contributed by atoms with Crippen LogP contribution in [0.4, 0.5) is 0 Å². The van der Waals surface area contributed by atoms with Gasteiger partial charge in [0.1, 0.15) is 11.5 Å². The van der Waals surface area contributed by atoms with Gasteiger partial charge in [-0.1, -0.05) is 46.9 Å². The molecular weight excluding hydrogens is 498 g/mol. The third-order valence-corrected chi connectivity index (χ3v) is 7.73. The molecule has 6 nitrogen and oxygen atoms in total. The zero-order chi connectivity index (χ0) is 21.2.